The van der Waals surface area contributed by atoms with Crippen LogP contribution in [0.5, 0.6) is 0 Å². The molecule has 0 saturated heterocycles. The third-order valence-corrected chi connectivity index (χ3v) is 2.59. The highest BCUT2D eigenvalue weighted by Crippen LogP contribution is 2.26. The fourth-order valence-electron chi connectivity index (χ4n) is 1.70. The van der Waals surface area contributed by atoms with Gasteiger partial charge in [-0.3, -0.25) is 14.4 Å². The van der Waals surface area contributed by atoms with Gasteiger partial charge in [0.2, 0.25) is 0 Å². The van der Waals surface area contributed by atoms with Gasteiger partial charge in [0.1, 0.15) is 23.2 Å². The predicted molar refractivity (Wildman–Crippen MR) is 61.6 cm³/mol. The number of carbonyl (C=O) groups excluding carboxylic acids is 2. The molecule has 5 heteroatoms. The Hall–Kier alpha value is -1.65. The molecule has 2 unspecified atom stereocenters. The summed E-state index contributed by atoms with van der Waals surface area (Å²) in [6, 6.07) is 0. The zero-order valence-electron chi connectivity index (χ0n) is 8.97. The molecule has 0 bridgehead atoms. The van der Waals surface area contributed by atoms with Crippen LogP contribution in [0.15, 0.2) is 11.8 Å². The number of aliphatic hydroxyl groups excluding tert-OH is 1. The summed E-state index contributed by atoms with van der Waals surface area (Å²) in [7, 11) is 0. The second-order valence-electron chi connectivity index (χ2n) is 3.85. The van der Waals surface area contributed by atoms with Crippen LogP contribution in [0.1, 0.15) is 33.6 Å². The third kappa shape index (κ3) is 3.41. The quantitative estimate of drug-likeness (QED) is 0.732. The minimum Gasteiger partial charge on any atom is -0.512 e. The van der Waals surface area contributed by atoms with Crippen molar-refractivity contribution >= 4 is 17.5 Å². The first-order valence-corrected chi connectivity index (χ1v) is 5.16. The summed E-state index contributed by atoms with van der Waals surface area (Å²) in [5.41, 5.74) is 0. The van der Waals surface area contributed by atoms with Crippen LogP contribution >= 0.6 is 0 Å². The molecule has 0 aromatic heterocycles. The molecule has 0 heterocycles. The van der Waals surface area contributed by atoms with E-state index in [4.69, 9.17) is 5.11 Å². The molecule has 2 atom stereocenters. The van der Waals surface area contributed by atoms with Gasteiger partial charge in [-0.1, -0.05) is 14.4 Å². The first kappa shape index (κ1) is 15.3. The van der Waals surface area contributed by atoms with E-state index in [9.17, 15) is 19.5 Å². The van der Waals surface area contributed by atoms with Crippen molar-refractivity contribution in [2.75, 3.05) is 0 Å². The Balaban J connectivity index is 0.00000256. The Bertz CT molecular complexity index is 356. The van der Waals surface area contributed by atoms with E-state index in [1.54, 1.807) is 0 Å². The Labute approximate surface area is 100 Å². The maximum absolute atomic E-state index is 11.5. The van der Waals surface area contributed by atoms with E-state index in [0.717, 1.165) is 6.08 Å². The molecule has 2 N–H and O–H groups in total. The molecular weight excluding hydrogens is 224 g/mol. The number of Topliss-reactive ketones (excluding diaryl/α,β-unsaturated/α-hetero) is 2. The first-order chi connectivity index (χ1) is 7.47. The van der Waals surface area contributed by atoms with E-state index in [1.165, 1.54) is 0 Å². The number of hydrogen-bond acceptors (Lipinski definition) is 4. The van der Waals surface area contributed by atoms with E-state index in [0.29, 0.717) is 6.42 Å². The molecule has 17 heavy (non-hydrogen) atoms. The molecule has 0 saturated carbocycles. The Morgan fingerprint density at radius 1 is 1.47 bits per heavy atom. The lowest BCUT2D eigenvalue weighted by molar-refractivity contribution is -0.145. The topological polar surface area (TPSA) is 91.7 Å². The van der Waals surface area contributed by atoms with Gasteiger partial charge in [0, 0.05) is 12.8 Å². The Kier molecular flexibility index (Phi) is 5.58. The predicted octanol–water partition coefficient (Wildman–Crippen LogP) is 1.72. The van der Waals surface area contributed by atoms with Gasteiger partial charge >= 0.3 is 5.97 Å². The van der Waals surface area contributed by atoms with E-state index < -0.39 is 23.6 Å². The molecule has 0 spiro atoms. The molecule has 0 aliphatic heterocycles. The first-order valence-electron chi connectivity index (χ1n) is 5.16. The molecule has 0 aromatic rings. The summed E-state index contributed by atoms with van der Waals surface area (Å²) < 4.78 is 0. The van der Waals surface area contributed by atoms with Crippen molar-refractivity contribution in [3.8, 4) is 0 Å². The van der Waals surface area contributed by atoms with Crippen molar-refractivity contribution in [2.24, 2.45) is 11.8 Å². The maximum Gasteiger partial charge on any atom is 0.314 e. The lowest BCUT2D eigenvalue weighted by Crippen LogP contribution is -2.32. The van der Waals surface area contributed by atoms with Crippen LogP contribution in [-0.2, 0) is 14.4 Å². The molecule has 0 amide bonds. The smallest absolute Gasteiger partial charge is 0.314 e. The average Bonchev–Trinajstić information content (AvgIpc) is 2.20. The number of carbonyl (C=O) groups is 3. The number of aliphatic hydroxyl groups is 1. The monoisotopic (exact) mass is 242 g/mol. The number of carboxylic acid groups (broad SMARTS) is 1. The Morgan fingerprint density at radius 2 is 2.06 bits per heavy atom. The van der Waals surface area contributed by atoms with Crippen LogP contribution in [0.2, 0.25) is 0 Å². The summed E-state index contributed by atoms with van der Waals surface area (Å²) in [6.07, 6.45) is 1.65. The summed E-state index contributed by atoms with van der Waals surface area (Å²) >= 11 is 0. The lowest BCUT2D eigenvalue weighted by Gasteiger charge is -2.20. The molecule has 0 radical (unpaired) electrons. The lowest BCUT2D eigenvalue weighted by atomic mass is 9.82. The Morgan fingerprint density at radius 3 is 2.53 bits per heavy atom. The van der Waals surface area contributed by atoms with Gasteiger partial charge in [0.15, 0.2) is 0 Å². The summed E-state index contributed by atoms with van der Waals surface area (Å²) in [4.78, 5) is 33.7. The van der Waals surface area contributed by atoms with Gasteiger partial charge < -0.3 is 10.2 Å². The highest BCUT2D eigenvalue weighted by molar-refractivity contribution is 6.06. The summed E-state index contributed by atoms with van der Waals surface area (Å²) in [5.74, 6) is -4.48. The molecule has 5 nitrogen and oxygen atoms in total. The number of carboxylic acids is 1. The summed E-state index contributed by atoms with van der Waals surface area (Å²) in [5, 5.41) is 18.1. The van der Waals surface area contributed by atoms with Crippen LogP contribution in [0.3, 0.4) is 0 Å². The van der Waals surface area contributed by atoms with Crippen LogP contribution in [0.4, 0.5) is 0 Å². The second kappa shape index (κ2) is 6.18. The van der Waals surface area contributed by atoms with Gasteiger partial charge in [-0.25, -0.2) is 0 Å². The molecule has 0 fully saturated rings. The van der Waals surface area contributed by atoms with E-state index in [-0.39, 0.29) is 31.8 Å². The van der Waals surface area contributed by atoms with E-state index >= 15 is 0 Å². The van der Waals surface area contributed by atoms with Crippen molar-refractivity contribution < 1.29 is 24.6 Å². The average molecular weight is 242 g/mol. The maximum atomic E-state index is 11.5. The van der Waals surface area contributed by atoms with Crippen LogP contribution < -0.4 is 0 Å². The minimum atomic E-state index is -1.25. The van der Waals surface area contributed by atoms with Gasteiger partial charge in [-0.2, -0.15) is 0 Å². The largest absolute Gasteiger partial charge is 0.512 e. The molecule has 0 aromatic carbocycles. The standard InChI is InChI=1S/C11H14O5.CH4/c1-2-3-8(12)6-4-10(14)7(11(15)16)5-9(6)13;/h4,6-7,14H,2-3,5H2,1H3,(H,15,16);1H4. The van der Waals surface area contributed by atoms with Gasteiger partial charge in [-0.05, 0) is 12.5 Å². The normalized spacial score (nSPS) is 23.6. The van der Waals surface area contributed by atoms with Crippen molar-refractivity contribution in [1.29, 1.82) is 0 Å². The zero-order valence-corrected chi connectivity index (χ0v) is 8.97. The molecule has 1 aliphatic rings. The van der Waals surface area contributed by atoms with Gasteiger partial charge in [0.25, 0.3) is 0 Å². The molecular formula is C12H18O5. The van der Waals surface area contributed by atoms with E-state index in [1.807, 2.05) is 6.92 Å². The van der Waals surface area contributed by atoms with E-state index in [2.05, 4.69) is 0 Å². The number of rotatable bonds is 4. The fourth-order valence-corrected chi connectivity index (χ4v) is 1.70. The highest BCUT2D eigenvalue weighted by Gasteiger charge is 2.36. The highest BCUT2D eigenvalue weighted by atomic mass is 16.4. The van der Waals surface area contributed by atoms with Crippen LogP contribution in [0, 0.1) is 11.8 Å². The third-order valence-electron chi connectivity index (χ3n) is 2.59. The van der Waals surface area contributed by atoms with Crippen LogP contribution in [0.25, 0.3) is 0 Å². The SMILES string of the molecule is C.CCCC(=O)C1C=C(O)C(C(=O)O)CC1=O. The summed E-state index contributed by atoms with van der Waals surface area (Å²) in [6.45, 7) is 1.81. The van der Waals surface area contributed by atoms with Crippen molar-refractivity contribution in [2.45, 2.75) is 33.6 Å². The van der Waals surface area contributed by atoms with Crippen molar-refractivity contribution in [3.63, 3.8) is 0 Å². The minimum absolute atomic E-state index is 0. The molecule has 1 aliphatic carbocycles. The number of hydrogen-bond donors (Lipinski definition) is 2. The molecule has 96 valence electrons. The zero-order chi connectivity index (χ0) is 12.3. The molecule has 1 rings (SSSR count). The number of ketones is 2. The van der Waals surface area contributed by atoms with Crippen molar-refractivity contribution in [1.82, 2.24) is 0 Å². The van der Waals surface area contributed by atoms with Gasteiger partial charge in [-0.15, -0.1) is 0 Å². The van der Waals surface area contributed by atoms with Gasteiger partial charge in [0.05, 0.1) is 5.92 Å². The number of allylic oxidation sites excluding steroid dienone is 1. The fraction of sp³-hybridized carbons (Fsp3) is 0.583. The number of aliphatic carboxylic acids is 1. The van der Waals surface area contributed by atoms with Crippen molar-refractivity contribution in [3.05, 3.63) is 11.8 Å². The second-order valence-corrected chi connectivity index (χ2v) is 3.85. The van der Waals surface area contributed by atoms with Crippen LogP contribution in [-0.4, -0.2) is 27.7 Å².